The lowest BCUT2D eigenvalue weighted by atomic mass is 9.96. The minimum Gasteiger partial charge on any atom is -0.329 e. The highest BCUT2D eigenvalue weighted by molar-refractivity contribution is 9.10. The minimum atomic E-state index is 0.526. The van der Waals surface area contributed by atoms with Crippen LogP contribution in [0.15, 0.2) is 10.5 Å². The molecule has 2 N–H and O–H groups in total. The van der Waals surface area contributed by atoms with Gasteiger partial charge in [0.1, 0.15) is 4.34 Å². The van der Waals surface area contributed by atoms with Gasteiger partial charge >= 0.3 is 0 Å². The average molecular weight is 338 g/mol. The standard InChI is InChI=1S/C12H18BrClN2S/c1-8-3-2-4-9(6-15)16(8)7-10-5-11(13)12(14)17-10/h5,8-9H,2-4,6-7,15H2,1H3. The molecule has 1 saturated heterocycles. The first-order chi connectivity index (χ1) is 8.11. The Balaban J connectivity index is 2.09. The summed E-state index contributed by atoms with van der Waals surface area (Å²) in [7, 11) is 0. The Hall–Kier alpha value is 0.390. The highest BCUT2D eigenvalue weighted by Crippen LogP contribution is 2.34. The summed E-state index contributed by atoms with van der Waals surface area (Å²) in [6.07, 6.45) is 3.80. The zero-order valence-corrected chi connectivity index (χ0v) is 13.1. The van der Waals surface area contributed by atoms with Gasteiger partial charge in [0.2, 0.25) is 0 Å². The quantitative estimate of drug-likeness (QED) is 0.907. The van der Waals surface area contributed by atoms with E-state index in [1.165, 1.54) is 24.1 Å². The predicted molar refractivity (Wildman–Crippen MR) is 78.7 cm³/mol. The molecule has 0 spiro atoms. The van der Waals surface area contributed by atoms with E-state index in [1.807, 2.05) is 0 Å². The van der Waals surface area contributed by atoms with Crippen molar-refractivity contribution in [3.05, 3.63) is 19.8 Å². The van der Waals surface area contributed by atoms with Crippen LogP contribution < -0.4 is 5.73 Å². The van der Waals surface area contributed by atoms with Crippen molar-refractivity contribution in [3.63, 3.8) is 0 Å². The normalized spacial score (nSPS) is 26.4. The van der Waals surface area contributed by atoms with Crippen LogP contribution in [-0.4, -0.2) is 23.5 Å². The Morgan fingerprint density at radius 1 is 1.59 bits per heavy atom. The van der Waals surface area contributed by atoms with E-state index < -0.39 is 0 Å². The molecule has 0 amide bonds. The highest BCUT2D eigenvalue weighted by Gasteiger charge is 2.27. The van der Waals surface area contributed by atoms with E-state index in [1.54, 1.807) is 11.3 Å². The van der Waals surface area contributed by atoms with Gasteiger partial charge in [-0.15, -0.1) is 11.3 Å². The van der Waals surface area contributed by atoms with E-state index >= 15 is 0 Å². The maximum absolute atomic E-state index is 6.08. The lowest BCUT2D eigenvalue weighted by Crippen LogP contribution is -2.48. The summed E-state index contributed by atoms with van der Waals surface area (Å²) in [5.74, 6) is 0. The molecule has 1 fully saturated rings. The molecule has 1 aliphatic rings. The third-order valence-corrected chi connectivity index (χ3v) is 5.96. The van der Waals surface area contributed by atoms with Crippen LogP contribution in [0.2, 0.25) is 4.34 Å². The Kier molecular flexibility index (Phi) is 4.89. The van der Waals surface area contributed by atoms with Crippen LogP contribution >= 0.6 is 38.9 Å². The number of thiophene rings is 1. The van der Waals surface area contributed by atoms with Crippen LogP contribution in [0.3, 0.4) is 0 Å². The number of halogens is 2. The Morgan fingerprint density at radius 3 is 2.94 bits per heavy atom. The summed E-state index contributed by atoms with van der Waals surface area (Å²) in [5.41, 5.74) is 5.87. The highest BCUT2D eigenvalue weighted by atomic mass is 79.9. The molecule has 2 rings (SSSR count). The van der Waals surface area contributed by atoms with E-state index in [0.29, 0.717) is 12.1 Å². The molecule has 5 heteroatoms. The SMILES string of the molecule is CC1CCCC(CN)N1Cc1cc(Br)c(Cl)s1. The molecule has 2 atom stereocenters. The Labute approximate surface area is 120 Å². The molecule has 1 aromatic rings. The van der Waals surface area contributed by atoms with Crippen molar-refractivity contribution >= 4 is 38.9 Å². The van der Waals surface area contributed by atoms with Crippen molar-refractivity contribution < 1.29 is 0 Å². The fourth-order valence-corrected chi connectivity index (χ4v) is 4.33. The molecular weight excluding hydrogens is 320 g/mol. The summed E-state index contributed by atoms with van der Waals surface area (Å²) in [5, 5.41) is 0. The minimum absolute atomic E-state index is 0.526. The van der Waals surface area contributed by atoms with Gasteiger partial charge < -0.3 is 5.73 Å². The lowest BCUT2D eigenvalue weighted by Gasteiger charge is -2.40. The van der Waals surface area contributed by atoms with E-state index in [0.717, 1.165) is 21.9 Å². The monoisotopic (exact) mass is 336 g/mol. The summed E-state index contributed by atoms with van der Waals surface area (Å²) in [6.45, 7) is 4.02. The van der Waals surface area contributed by atoms with E-state index in [2.05, 4.69) is 33.8 Å². The molecule has 0 aromatic carbocycles. The molecule has 0 saturated carbocycles. The second-order valence-electron chi connectivity index (χ2n) is 4.68. The zero-order chi connectivity index (χ0) is 12.4. The third kappa shape index (κ3) is 3.24. The molecular formula is C12H18BrClN2S. The average Bonchev–Trinajstić information content (AvgIpc) is 2.61. The van der Waals surface area contributed by atoms with Crippen molar-refractivity contribution in [3.8, 4) is 0 Å². The number of piperidine rings is 1. The van der Waals surface area contributed by atoms with Crippen molar-refractivity contribution in [2.45, 2.75) is 44.8 Å². The molecule has 17 heavy (non-hydrogen) atoms. The van der Waals surface area contributed by atoms with Crippen molar-refractivity contribution in [2.75, 3.05) is 6.54 Å². The molecule has 0 bridgehead atoms. The van der Waals surface area contributed by atoms with E-state index in [9.17, 15) is 0 Å². The van der Waals surface area contributed by atoms with Gasteiger partial charge in [-0.2, -0.15) is 0 Å². The van der Waals surface area contributed by atoms with Gasteiger partial charge in [0, 0.05) is 34.5 Å². The van der Waals surface area contributed by atoms with Crippen LogP contribution in [0.25, 0.3) is 0 Å². The van der Waals surface area contributed by atoms with Crippen LogP contribution in [0.5, 0.6) is 0 Å². The maximum atomic E-state index is 6.08. The van der Waals surface area contributed by atoms with Gasteiger partial charge in [-0.3, -0.25) is 4.90 Å². The lowest BCUT2D eigenvalue weighted by molar-refractivity contribution is 0.0903. The summed E-state index contributed by atoms with van der Waals surface area (Å²) < 4.78 is 1.85. The zero-order valence-electron chi connectivity index (χ0n) is 9.96. The van der Waals surface area contributed by atoms with Crippen molar-refractivity contribution in [1.82, 2.24) is 4.90 Å². The largest absolute Gasteiger partial charge is 0.329 e. The van der Waals surface area contributed by atoms with Gasteiger partial charge in [-0.05, 0) is 41.8 Å². The number of likely N-dealkylation sites (tertiary alicyclic amines) is 1. The Bertz CT molecular complexity index is 363. The molecule has 2 heterocycles. The van der Waals surface area contributed by atoms with Crippen LogP contribution in [-0.2, 0) is 6.54 Å². The fourth-order valence-electron chi connectivity index (χ4n) is 2.53. The van der Waals surface area contributed by atoms with Gasteiger partial charge in [0.25, 0.3) is 0 Å². The third-order valence-electron chi connectivity index (χ3n) is 3.50. The summed E-state index contributed by atoms with van der Waals surface area (Å²) in [4.78, 5) is 3.84. The fraction of sp³-hybridized carbons (Fsp3) is 0.667. The first-order valence-corrected chi connectivity index (χ1v) is 8.00. The van der Waals surface area contributed by atoms with E-state index in [-0.39, 0.29) is 0 Å². The maximum Gasteiger partial charge on any atom is 0.107 e. The number of hydrogen-bond acceptors (Lipinski definition) is 3. The van der Waals surface area contributed by atoms with Crippen LogP contribution in [0.1, 0.15) is 31.1 Å². The molecule has 2 nitrogen and oxygen atoms in total. The van der Waals surface area contributed by atoms with Crippen LogP contribution in [0, 0.1) is 0 Å². The number of nitrogens with zero attached hydrogens (tertiary/aromatic N) is 1. The molecule has 1 aromatic heterocycles. The number of hydrogen-bond donors (Lipinski definition) is 1. The van der Waals surface area contributed by atoms with E-state index in [4.69, 9.17) is 17.3 Å². The number of nitrogens with two attached hydrogens (primary N) is 1. The molecule has 0 aliphatic carbocycles. The van der Waals surface area contributed by atoms with Gasteiger partial charge in [0.15, 0.2) is 0 Å². The van der Waals surface area contributed by atoms with Crippen molar-refractivity contribution in [2.24, 2.45) is 5.73 Å². The summed E-state index contributed by atoms with van der Waals surface area (Å²) >= 11 is 11.2. The topological polar surface area (TPSA) is 29.3 Å². The summed E-state index contributed by atoms with van der Waals surface area (Å²) in [6, 6.07) is 3.28. The predicted octanol–water partition coefficient (Wildman–Crippen LogP) is 3.87. The molecule has 96 valence electrons. The van der Waals surface area contributed by atoms with Crippen LogP contribution in [0.4, 0.5) is 0 Å². The smallest absolute Gasteiger partial charge is 0.107 e. The van der Waals surface area contributed by atoms with Gasteiger partial charge in [-0.25, -0.2) is 0 Å². The first-order valence-electron chi connectivity index (χ1n) is 6.01. The second kappa shape index (κ2) is 6.02. The second-order valence-corrected chi connectivity index (χ2v) is 7.27. The van der Waals surface area contributed by atoms with Gasteiger partial charge in [0.05, 0.1) is 0 Å². The first kappa shape index (κ1) is 13.8. The van der Waals surface area contributed by atoms with Crippen molar-refractivity contribution in [1.29, 1.82) is 0 Å². The molecule has 1 aliphatic heterocycles. The Morgan fingerprint density at radius 2 is 2.35 bits per heavy atom. The van der Waals surface area contributed by atoms with Gasteiger partial charge in [-0.1, -0.05) is 18.0 Å². The molecule has 0 radical (unpaired) electrons. The molecule has 2 unspecified atom stereocenters. The number of rotatable bonds is 3.